The number of halogens is 1. The number of H-pyrrole nitrogens is 1. The summed E-state index contributed by atoms with van der Waals surface area (Å²) < 4.78 is 5.98. The molecule has 1 aromatic carbocycles. The lowest BCUT2D eigenvalue weighted by Gasteiger charge is -2.07. The van der Waals surface area contributed by atoms with Crippen LogP contribution in [0.4, 0.5) is 0 Å². The minimum atomic E-state index is -0.169. The smallest absolute Gasteiger partial charge is 0.268 e. The maximum absolute atomic E-state index is 11.3. The van der Waals surface area contributed by atoms with E-state index in [4.69, 9.17) is 4.74 Å². The molecule has 106 valence electrons. The molecule has 2 aromatic rings. The van der Waals surface area contributed by atoms with E-state index in [1.807, 2.05) is 40.8 Å². The Kier molecular flexibility index (Phi) is 6.00. The van der Waals surface area contributed by atoms with Gasteiger partial charge in [0.15, 0.2) is 0 Å². The van der Waals surface area contributed by atoms with Crippen LogP contribution in [0, 0.1) is 3.57 Å². The lowest BCUT2D eigenvalue weighted by molar-refractivity contribution is 0.293. The molecule has 0 amide bonds. The molecule has 0 unspecified atom stereocenters. The molecular formula is C14H16IN3O2. The van der Waals surface area contributed by atoms with Gasteiger partial charge in [0.05, 0.1) is 12.9 Å². The van der Waals surface area contributed by atoms with Crippen LogP contribution in [0.15, 0.2) is 41.5 Å². The molecule has 0 aliphatic carbocycles. The average molecular weight is 385 g/mol. The second-order valence-electron chi connectivity index (χ2n) is 4.22. The summed E-state index contributed by atoms with van der Waals surface area (Å²) in [5.74, 6) is 0.400. The van der Waals surface area contributed by atoms with Crippen molar-refractivity contribution in [1.82, 2.24) is 15.3 Å². The fraction of sp³-hybridized carbons (Fsp3) is 0.286. The highest BCUT2D eigenvalue weighted by molar-refractivity contribution is 14.1. The van der Waals surface area contributed by atoms with Gasteiger partial charge in [-0.2, -0.15) is 0 Å². The first kappa shape index (κ1) is 15.0. The zero-order valence-electron chi connectivity index (χ0n) is 10.9. The van der Waals surface area contributed by atoms with E-state index < -0.39 is 0 Å². The van der Waals surface area contributed by atoms with Gasteiger partial charge in [-0.15, -0.1) is 0 Å². The quantitative estimate of drug-likeness (QED) is 0.565. The molecule has 0 spiro atoms. The van der Waals surface area contributed by atoms with Crippen LogP contribution in [0.5, 0.6) is 5.88 Å². The fourth-order valence-corrected chi connectivity index (χ4v) is 2.11. The lowest BCUT2D eigenvalue weighted by atomic mass is 10.2. The third-order valence-electron chi connectivity index (χ3n) is 2.67. The highest BCUT2D eigenvalue weighted by Gasteiger charge is 2.05. The third kappa shape index (κ3) is 4.61. The number of aromatic amines is 1. The molecule has 0 fully saturated rings. The van der Waals surface area contributed by atoms with Crippen molar-refractivity contribution < 1.29 is 4.74 Å². The molecule has 6 heteroatoms. The van der Waals surface area contributed by atoms with Crippen LogP contribution < -0.4 is 15.6 Å². The average Bonchev–Trinajstić information content (AvgIpc) is 2.48. The number of benzene rings is 1. The van der Waals surface area contributed by atoms with E-state index in [0.717, 1.165) is 19.5 Å². The number of ether oxygens (including phenoxy) is 1. The molecule has 1 heterocycles. The maximum Gasteiger partial charge on any atom is 0.268 e. The highest BCUT2D eigenvalue weighted by Crippen LogP contribution is 2.11. The summed E-state index contributed by atoms with van der Waals surface area (Å²) in [6, 6.07) is 10.2. The minimum absolute atomic E-state index is 0.169. The number of rotatable bonds is 7. The Labute approximate surface area is 130 Å². The Bertz CT molecular complexity index is 586. The van der Waals surface area contributed by atoms with Crippen molar-refractivity contribution in [3.63, 3.8) is 0 Å². The van der Waals surface area contributed by atoms with Gasteiger partial charge < -0.3 is 15.0 Å². The first-order valence-corrected chi connectivity index (χ1v) is 7.46. The summed E-state index contributed by atoms with van der Waals surface area (Å²) in [4.78, 5) is 17.8. The Hall–Kier alpha value is -1.41. The van der Waals surface area contributed by atoms with Crippen LogP contribution in [0.3, 0.4) is 0 Å². The van der Waals surface area contributed by atoms with Gasteiger partial charge in [0.2, 0.25) is 5.88 Å². The van der Waals surface area contributed by atoms with Crippen molar-refractivity contribution >= 4 is 22.6 Å². The predicted molar refractivity (Wildman–Crippen MR) is 85.8 cm³/mol. The Morgan fingerprint density at radius 1 is 1.30 bits per heavy atom. The monoisotopic (exact) mass is 385 g/mol. The van der Waals surface area contributed by atoms with E-state index in [1.165, 1.54) is 11.9 Å². The standard InChI is InChI=1S/C14H16IN3O2/c15-12-13(19)17-10-18-14(12)20-8-4-7-16-9-11-5-2-1-3-6-11/h1-3,5-6,10,16H,4,7-9H2,(H,17,18,19). The fourth-order valence-electron chi connectivity index (χ4n) is 1.66. The number of nitrogens with one attached hydrogen (secondary N) is 2. The van der Waals surface area contributed by atoms with E-state index in [9.17, 15) is 4.79 Å². The molecule has 2 rings (SSSR count). The number of hydrogen-bond donors (Lipinski definition) is 2. The Morgan fingerprint density at radius 2 is 2.10 bits per heavy atom. The summed E-state index contributed by atoms with van der Waals surface area (Å²) in [5.41, 5.74) is 1.09. The normalized spacial score (nSPS) is 10.4. The molecule has 2 N–H and O–H groups in total. The highest BCUT2D eigenvalue weighted by atomic mass is 127. The van der Waals surface area contributed by atoms with Crippen molar-refractivity contribution in [2.45, 2.75) is 13.0 Å². The van der Waals surface area contributed by atoms with Crippen LogP contribution in [-0.2, 0) is 6.54 Å². The van der Waals surface area contributed by atoms with Crippen molar-refractivity contribution in [3.05, 3.63) is 56.1 Å². The molecule has 0 bridgehead atoms. The Balaban J connectivity index is 1.65. The summed E-state index contributed by atoms with van der Waals surface area (Å²) in [5, 5.41) is 3.34. The molecule has 0 saturated carbocycles. The van der Waals surface area contributed by atoms with Crippen molar-refractivity contribution in [2.24, 2.45) is 0 Å². The summed E-state index contributed by atoms with van der Waals surface area (Å²) >= 11 is 1.93. The van der Waals surface area contributed by atoms with E-state index in [0.29, 0.717) is 16.1 Å². The molecule has 1 aromatic heterocycles. The lowest BCUT2D eigenvalue weighted by Crippen LogP contribution is -2.18. The van der Waals surface area contributed by atoms with E-state index in [2.05, 4.69) is 27.4 Å². The van der Waals surface area contributed by atoms with Crippen LogP contribution in [0.2, 0.25) is 0 Å². The van der Waals surface area contributed by atoms with Gasteiger partial charge in [-0.1, -0.05) is 30.3 Å². The van der Waals surface area contributed by atoms with Gasteiger partial charge in [0, 0.05) is 6.54 Å². The molecule has 0 atom stereocenters. The topological polar surface area (TPSA) is 67.0 Å². The van der Waals surface area contributed by atoms with Gasteiger partial charge in [0.25, 0.3) is 5.56 Å². The van der Waals surface area contributed by atoms with E-state index >= 15 is 0 Å². The van der Waals surface area contributed by atoms with Crippen LogP contribution in [-0.4, -0.2) is 23.1 Å². The van der Waals surface area contributed by atoms with Crippen molar-refractivity contribution in [3.8, 4) is 5.88 Å². The molecule has 0 aliphatic rings. The van der Waals surface area contributed by atoms with Gasteiger partial charge in [-0.3, -0.25) is 4.79 Å². The summed E-state index contributed by atoms with van der Waals surface area (Å²) in [7, 11) is 0. The molecule has 20 heavy (non-hydrogen) atoms. The minimum Gasteiger partial charge on any atom is -0.477 e. The predicted octanol–water partition coefficient (Wildman–Crippen LogP) is 1.93. The SMILES string of the molecule is O=c1[nH]cnc(OCCCNCc2ccccc2)c1I. The third-order valence-corrected chi connectivity index (χ3v) is 3.62. The molecule has 5 nitrogen and oxygen atoms in total. The molecule has 0 radical (unpaired) electrons. The van der Waals surface area contributed by atoms with Gasteiger partial charge >= 0.3 is 0 Å². The number of nitrogens with zero attached hydrogens (tertiary/aromatic N) is 1. The molecular weight excluding hydrogens is 369 g/mol. The van der Waals surface area contributed by atoms with Crippen molar-refractivity contribution in [2.75, 3.05) is 13.2 Å². The molecule has 0 saturated heterocycles. The second-order valence-corrected chi connectivity index (χ2v) is 5.29. The van der Waals surface area contributed by atoms with Crippen LogP contribution in [0.25, 0.3) is 0 Å². The summed E-state index contributed by atoms with van der Waals surface area (Å²) in [6.07, 6.45) is 2.21. The first-order chi connectivity index (χ1) is 9.77. The first-order valence-electron chi connectivity index (χ1n) is 6.38. The maximum atomic E-state index is 11.3. The number of aromatic nitrogens is 2. The van der Waals surface area contributed by atoms with E-state index in [1.54, 1.807) is 0 Å². The Morgan fingerprint density at radius 3 is 2.90 bits per heavy atom. The largest absolute Gasteiger partial charge is 0.477 e. The van der Waals surface area contributed by atoms with Gasteiger partial charge in [0.1, 0.15) is 3.57 Å². The second kappa shape index (κ2) is 8.01. The zero-order chi connectivity index (χ0) is 14.2. The van der Waals surface area contributed by atoms with Gasteiger partial charge in [-0.05, 0) is 41.1 Å². The van der Waals surface area contributed by atoms with Crippen LogP contribution >= 0.6 is 22.6 Å². The number of hydrogen-bond acceptors (Lipinski definition) is 4. The van der Waals surface area contributed by atoms with Crippen molar-refractivity contribution in [1.29, 1.82) is 0 Å². The van der Waals surface area contributed by atoms with Crippen LogP contribution in [0.1, 0.15) is 12.0 Å². The van der Waals surface area contributed by atoms with E-state index in [-0.39, 0.29) is 5.56 Å². The van der Waals surface area contributed by atoms with Gasteiger partial charge in [-0.25, -0.2) is 4.98 Å². The zero-order valence-corrected chi connectivity index (χ0v) is 13.1. The molecule has 0 aliphatic heterocycles. The summed E-state index contributed by atoms with van der Waals surface area (Å²) in [6.45, 7) is 2.24.